The van der Waals surface area contributed by atoms with E-state index < -0.39 is 17.2 Å². The van der Waals surface area contributed by atoms with E-state index >= 15 is 0 Å². The minimum Gasteiger partial charge on any atom is -0.244 e. The van der Waals surface area contributed by atoms with Crippen LogP contribution in [0.5, 0.6) is 0 Å². The molecule has 0 aliphatic rings. The van der Waals surface area contributed by atoms with Crippen LogP contribution in [0.2, 0.25) is 0 Å². The number of hydrogen-bond acceptors (Lipinski definition) is 3. The van der Waals surface area contributed by atoms with E-state index in [0.29, 0.717) is 5.56 Å². The number of para-hydroxylation sites is 2. The first-order chi connectivity index (χ1) is 18.6. The maximum atomic E-state index is 14.8. The van der Waals surface area contributed by atoms with Crippen molar-refractivity contribution in [2.24, 2.45) is 0 Å². The summed E-state index contributed by atoms with van der Waals surface area (Å²) < 4.78 is 28.6. The third kappa shape index (κ3) is 3.39. The number of benzene rings is 6. The van der Waals surface area contributed by atoms with Gasteiger partial charge in [0.1, 0.15) is 17.4 Å². The molecule has 0 amide bonds. The SMILES string of the molecule is N#Cc1c(F)ccc(-c2ccc3cc(-c4cc5nc6ccccc6nc5c5ccccc45)ccc3c2)c1F. The fraction of sp³-hybridized carbons (Fsp3) is 0. The van der Waals surface area contributed by atoms with Gasteiger partial charge >= 0.3 is 0 Å². The van der Waals surface area contributed by atoms with Crippen LogP contribution in [0.15, 0.2) is 103 Å². The largest absolute Gasteiger partial charge is 0.244 e. The van der Waals surface area contributed by atoms with Crippen molar-refractivity contribution in [1.29, 1.82) is 5.26 Å². The molecule has 0 radical (unpaired) electrons. The van der Waals surface area contributed by atoms with Gasteiger partial charge in [-0.3, -0.25) is 0 Å². The van der Waals surface area contributed by atoms with Gasteiger partial charge in [0.25, 0.3) is 0 Å². The number of nitrogens with zero attached hydrogens (tertiary/aromatic N) is 3. The molecule has 0 bridgehead atoms. The molecule has 0 aliphatic carbocycles. The third-order valence-corrected chi connectivity index (χ3v) is 7.02. The van der Waals surface area contributed by atoms with Gasteiger partial charge < -0.3 is 0 Å². The Morgan fingerprint density at radius 2 is 1.21 bits per heavy atom. The van der Waals surface area contributed by atoms with E-state index in [1.54, 1.807) is 12.1 Å². The van der Waals surface area contributed by atoms with Gasteiger partial charge in [-0.1, -0.05) is 60.7 Å². The second-order valence-corrected chi connectivity index (χ2v) is 9.22. The summed E-state index contributed by atoms with van der Waals surface area (Å²) in [6, 6.07) is 34.0. The van der Waals surface area contributed by atoms with Gasteiger partial charge in [0.2, 0.25) is 0 Å². The van der Waals surface area contributed by atoms with Crippen LogP contribution >= 0.6 is 0 Å². The van der Waals surface area contributed by atoms with Crippen molar-refractivity contribution in [2.45, 2.75) is 0 Å². The summed E-state index contributed by atoms with van der Waals surface area (Å²) in [5.74, 6) is -1.71. The zero-order valence-corrected chi connectivity index (χ0v) is 19.9. The lowest BCUT2D eigenvalue weighted by atomic mass is 9.93. The average molecular weight is 494 g/mol. The van der Waals surface area contributed by atoms with Crippen LogP contribution in [0.4, 0.5) is 8.78 Å². The minimum absolute atomic E-state index is 0.195. The first-order valence-corrected chi connectivity index (χ1v) is 12.1. The molecule has 178 valence electrons. The van der Waals surface area contributed by atoms with Crippen LogP contribution in [0, 0.1) is 23.0 Å². The highest BCUT2D eigenvalue weighted by Gasteiger charge is 2.16. The predicted molar refractivity (Wildman–Crippen MR) is 148 cm³/mol. The van der Waals surface area contributed by atoms with Crippen LogP contribution in [0.1, 0.15) is 5.56 Å². The van der Waals surface area contributed by atoms with Crippen LogP contribution in [0.25, 0.3) is 65.9 Å². The molecule has 0 spiro atoms. The standard InChI is InChI=1S/C33H17F2N3/c34-28-14-13-23(32(35)27(28)18-36)21-11-9-20-16-22(12-10-19(20)15-21)26-17-31-33(25-6-2-1-5-24(25)26)38-30-8-4-3-7-29(30)37-31/h1-17H. The third-order valence-electron chi connectivity index (χ3n) is 7.02. The number of fused-ring (bicyclic) bond motifs is 5. The molecule has 6 aromatic carbocycles. The second-order valence-electron chi connectivity index (χ2n) is 9.22. The Morgan fingerprint density at radius 1 is 0.579 bits per heavy atom. The Morgan fingerprint density at radius 3 is 1.92 bits per heavy atom. The van der Waals surface area contributed by atoms with E-state index in [0.717, 1.165) is 60.8 Å². The molecule has 38 heavy (non-hydrogen) atoms. The lowest BCUT2D eigenvalue weighted by Crippen LogP contribution is -1.94. The minimum atomic E-state index is -0.862. The second kappa shape index (κ2) is 8.43. The van der Waals surface area contributed by atoms with E-state index in [-0.39, 0.29) is 5.56 Å². The molecule has 0 saturated carbocycles. The van der Waals surface area contributed by atoms with Gasteiger partial charge in [-0.15, -0.1) is 0 Å². The first-order valence-electron chi connectivity index (χ1n) is 12.1. The number of halogens is 2. The summed E-state index contributed by atoms with van der Waals surface area (Å²) in [4.78, 5) is 9.82. The lowest BCUT2D eigenvalue weighted by molar-refractivity contribution is 0.579. The maximum Gasteiger partial charge on any atom is 0.151 e. The molecular formula is C33H17F2N3. The molecule has 5 heteroatoms. The van der Waals surface area contributed by atoms with Gasteiger partial charge in [-0.25, -0.2) is 18.7 Å². The highest BCUT2D eigenvalue weighted by atomic mass is 19.1. The predicted octanol–water partition coefficient (Wildman–Crippen LogP) is 8.57. The van der Waals surface area contributed by atoms with Crippen LogP contribution in [-0.2, 0) is 0 Å². The molecule has 0 aliphatic heterocycles. The molecule has 0 N–H and O–H groups in total. The van der Waals surface area contributed by atoms with E-state index in [9.17, 15) is 8.78 Å². The normalized spacial score (nSPS) is 11.4. The highest BCUT2D eigenvalue weighted by molar-refractivity contribution is 6.13. The molecule has 0 fully saturated rings. The van der Waals surface area contributed by atoms with Crippen LogP contribution in [-0.4, -0.2) is 9.97 Å². The fourth-order valence-corrected chi connectivity index (χ4v) is 5.15. The summed E-state index contributed by atoms with van der Waals surface area (Å²) >= 11 is 0. The summed E-state index contributed by atoms with van der Waals surface area (Å²) in [5, 5.41) is 13.1. The summed E-state index contributed by atoms with van der Waals surface area (Å²) in [5.41, 5.74) is 5.68. The van der Waals surface area contributed by atoms with E-state index in [4.69, 9.17) is 15.2 Å². The average Bonchev–Trinajstić information content (AvgIpc) is 2.95. The summed E-state index contributed by atoms with van der Waals surface area (Å²) in [6.45, 7) is 0. The Balaban J connectivity index is 1.40. The molecule has 1 aromatic heterocycles. The quantitative estimate of drug-likeness (QED) is 0.179. The van der Waals surface area contributed by atoms with Crippen molar-refractivity contribution in [3.63, 3.8) is 0 Å². The van der Waals surface area contributed by atoms with E-state index in [1.165, 1.54) is 6.07 Å². The molecule has 0 atom stereocenters. The molecule has 0 saturated heterocycles. The first kappa shape index (κ1) is 22.0. The van der Waals surface area contributed by atoms with Crippen molar-refractivity contribution in [3.05, 3.63) is 120 Å². The van der Waals surface area contributed by atoms with E-state index in [2.05, 4.69) is 24.3 Å². The summed E-state index contributed by atoms with van der Waals surface area (Å²) in [6.07, 6.45) is 0. The monoisotopic (exact) mass is 493 g/mol. The number of rotatable bonds is 2. The molecular weight excluding hydrogens is 476 g/mol. The zero-order valence-electron chi connectivity index (χ0n) is 19.9. The van der Waals surface area contributed by atoms with E-state index in [1.807, 2.05) is 60.7 Å². The topological polar surface area (TPSA) is 49.6 Å². The van der Waals surface area contributed by atoms with Crippen molar-refractivity contribution in [3.8, 4) is 28.3 Å². The summed E-state index contributed by atoms with van der Waals surface area (Å²) in [7, 11) is 0. The van der Waals surface area contributed by atoms with Gasteiger partial charge in [-0.2, -0.15) is 5.26 Å². The fourth-order valence-electron chi connectivity index (χ4n) is 5.15. The molecule has 1 heterocycles. The van der Waals surface area contributed by atoms with Crippen LogP contribution in [0.3, 0.4) is 0 Å². The molecule has 7 rings (SSSR count). The molecule has 0 unspecified atom stereocenters. The van der Waals surface area contributed by atoms with Crippen molar-refractivity contribution in [1.82, 2.24) is 9.97 Å². The van der Waals surface area contributed by atoms with Gasteiger partial charge in [-0.05, 0) is 75.3 Å². The number of nitriles is 1. The molecule has 3 nitrogen and oxygen atoms in total. The number of aromatic nitrogens is 2. The lowest BCUT2D eigenvalue weighted by Gasteiger charge is -2.12. The van der Waals surface area contributed by atoms with Crippen molar-refractivity contribution < 1.29 is 8.78 Å². The van der Waals surface area contributed by atoms with Crippen molar-refractivity contribution >= 4 is 43.6 Å². The van der Waals surface area contributed by atoms with Gasteiger partial charge in [0.05, 0.1) is 22.1 Å². The zero-order chi connectivity index (χ0) is 25.8. The maximum absolute atomic E-state index is 14.8. The Hall–Kier alpha value is -5.21. The highest BCUT2D eigenvalue weighted by Crippen LogP contribution is 2.36. The van der Waals surface area contributed by atoms with Crippen molar-refractivity contribution in [2.75, 3.05) is 0 Å². The Kier molecular flexibility index (Phi) is 4.89. The number of hydrogen-bond donors (Lipinski definition) is 0. The van der Waals surface area contributed by atoms with Crippen LogP contribution < -0.4 is 0 Å². The smallest absolute Gasteiger partial charge is 0.151 e. The molecule has 7 aromatic rings. The van der Waals surface area contributed by atoms with Gasteiger partial charge in [0.15, 0.2) is 5.82 Å². The Bertz CT molecular complexity index is 2130. The Labute approximate surface area is 216 Å². The van der Waals surface area contributed by atoms with Gasteiger partial charge in [0, 0.05) is 10.9 Å².